The van der Waals surface area contributed by atoms with Crippen LogP contribution in [0.4, 0.5) is 0 Å². The summed E-state index contributed by atoms with van der Waals surface area (Å²) < 4.78 is 7.29. The van der Waals surface area contributed by atoms with Crippen LogP contribution in [-0.2, 0) is 14.4 Å². The van der Waals surface area contributed by atoms with Crippen LogP contribution < -0.4 is 10.1 Å². The van der Waals surface area contributed by atoms with Crippen LogP contribution in [0.25, 0.3) is 0 Å². The lowest BCUT2D eigenvalue weighted by atomic mass is 9.94. The van der Waals surface area contributed by atoms with Gasteiger partial charge in [0.25, 0.3) is 5.91 Å². The maximum Gasteiger partial charge on any atom is 0.303 e. The molecule has 28 heavy (non-hydrogen) atoms. The summed E-state index contributed by atoms with van der Waals surface area (Å²) in [5.74, 6) is -0.859. The lowest BCUT2D eigenvalue weighted by Gasteiger charge is -2.58. The number of nitrogens with zero attached hydrogens (tertiary/aromatic N) is 1. The Balaban J connectivity index is 2.06. The van der Waals surface area contributed by atoms with E-state index in [9.17, 15) is 14.4 Å². The summed E-state index contributed by atoms with van der Waals surface area (Å²) in [6, 6.07) is 7.96. The van der Waals surface area contributed by atoms with Gasteiger partial charge < -0.3 is 19.7 Å². The second-order valence-electron chi connectivity index (χ2n) is 8.66. The molecule has 1 heterocycles. The number of carbonyl (C=O) groups is 3. The number of ether oxygens (including phenoxy) is 1. The highest BCUT2D eigenvalue weighted by atomic mass is 28.3. The Morgan fingerprint density at radius 1 is 1.21 bits per heavy atom. The van der Waals surface area contributed by atoms with Gasteiger partial charge in [-0.05, 0) is 23.6 Å². The minimum absolute atomic E-state index is 0.0457. The predicted octanol–water partition coefficient (Wildman–Crippen LogP) is 2.63. The molecule has 0 saturated carbocycles. The molecule has 1 saturated heterocycles. The molecule has 0 unspecified atom stereocenters. The number of amides is 2. The van der Waals surface area contributed by atoms with Crippen LogP contribution in [-0.4, -0.2) is 54.4 Å². The quantitative estimate of drug-likeness (QED) is 0.511. The molecule has 0 spiro atoms. The van der Waals surface area contributed by atoms with E-state index in [-0.39, 0.29) is 30.0 Å². The molecule has 1 aliphatic heterocycles. The van der Waals surface area contributed by atoms with Crippen molar-refractivity contribution in [2.75, 3.05) is 6.61 Å². The van der Waals surface area contributed by atoms with Gasteiger partial charge in [-0.25, -0.2) is 0 Å². The van der Waals surface area contributed by atoms with Gasteiger partial charge in [0.1, 0.15) is 11.8 Å². The van der Waals surface area contributed by atoms with Crippen LogP contribution in [0.2, 0.25) is 18.1 Å². The number of para-hydroxylation sites is 1. The van der Waals surface area contributed by atoms with E-state index < -0.39 is 26.2 Å². The van der Waals surface area contributed by atoms with E-state index in [2.05, 4.69) is 39.2 Å². The van der Waals surface area contributed by atoms with Crippen molar-refractivity contribution in [3.8, 4) is 5.75 Å². The van der Waals surface area contributed by atoms with Crippen molar-refractivity contribution in [3.05, 3.63) is 30.3 Å². The number of hydrogen-bond acceptors (Lipinski definition) is 4. The number of β-lactam (4-membered cyclic amide) rings is 1. The maximum atomic E-state index is 12.9. The molecule has 1 fully saturated rings. The Labute approximate surface area is 167 Å². The molecule has 0 radical (unpaired) electrons. The number of rotatable bonds is 8. The number of carbonyl (C=O) groups excluding carboxylic acids is 2. The van der Waals surface area contributed by atoms with Crippen LogP contribution in [0.15, 0.2) is 30.3 Å². The molecule has 154 valence electrons. The molecule has 1 aliphatic rings. The van der Waals surface area contributed by atoms with Gasteiger partial charge in [0.15, 0.2) is 14.8 Å². The average molecular weight is 407 g/mol. The minimum Gasteiger partial charge on any atom is -0.484 e. The zero-order valence-corrected chi connectivity index (χ0v) is 18.2. The van der Waals surface area contributed by atoms with Gasteiger partial charge in [0.05, 0.1) is 6.04 Å². The Bertz CT molecular complexity index is 730. The first-order valence-corrected chi connectivity index (χ1v) is 12.4. The summed E-state index contributed by atoms with van der Waals surface area (Å²) in [5, 5.41) is 11.7. The molecule has 2 amide bonds. The summed E-state index contributed by atoms with van der Waals surface area (Å²) in [4.78, 5) is 36.2. The van der Waals surface area contributed by atoms with Crippen LogP contribution in [0.5, 0.6) is 5.75 Å². The molecular formula is C20H30N2O5Si. The predicted molar refractivity (Wildman–Crippen MR) is 109 cm³/mol. The van der Waals surface area contributed by atoms with Crippen LogP contribution >= 0.6 is 0 Å². The molecule has 0 aliphatic carbocycles. The first kappa shape index (κ1) is 21.9. The Morgan fingerprint density at radius 3 is 2.36 bits per heavy atom. The highest BCUT2D eigenvalue weighted by Crippen LogP contribution is 2.43. The Kier molecular flexibility index (Phi) is 6.54. The maximum absolute atomic E-state index is 12.9. The third-order valence-corrected chi connectivity index (χ3v) is 11.2. The molecule has 0 bridgehead atoms. The molecule has 0 aromatic heterocycles. The number of aliphatic carboxylic acids is 1. The summed E-state index contributed by atoms with van der Waals surface area (Å²) in [6.07, 6.45) is 0.272. The van der Waals surface area contributed by atoms with E-state index >= 15 is 0 Å². The molecule has 8 heteroatoms. The van der Waals surface area contributed by atoms with Crippen molar-refractivity contribution in [1.82, 2.24) is 9.88 Å². The fourth-order valence-electron chi connectivity index (χ4n) is 3.20. The van der Waals surface area contributed by atoms with E-state index in [1.165, 1.54) is 0 Å². The Morgan fingerprint density at radius 2 is 1.82 bits per heavy atom. The van der Waals surface area contributed by atoms with Crippen molar-refractivity contribution in [2.45, 2.75) is 63.8 Å². The average Bonchev–Trinajstić information content (AvgIpc) is 2.60. The second-order valence-corrected chi connectivity index (χ2v) is 13.8. The molecular weight excluding hydrogens is 376 g/mol. The normalized spacial score (nSPS) is 19.8. The lowest BCUT2D eigenvalue weighted by molar-refractivity contribution is -0.149. The van der Waals surface area contributed by atoms with E-state index in [1.54, 1.807) is 12.1 Å². The number of benzene rings is 1. The van der Waals surface area contributed by atoms with Crippen LogP contribution in [0, 0.1) is 0 Å². The van der Waals surface area contributed by atoms with Gasteiger partial charge in [-0.15, -0.1) is 0 Å². The van der Waals surface area contributed by atoms with Crippen molar-refractivity contribution in [1.29, 1.82) is 0 Å². The number of carboxylic acid groups (broad SMARTS) is 1. The van der Waals surface area contributed by atoms with E-state index in [4.69, 9.17) is 9.84 Å². The van der Waals surface area contributed by atoms with Gasteiger partial charge in [-0.2, -0.15) is 0 Å². The zero-order valence-electron chi connectivity index (χ0n) is 17.2. The number of nitrogens with one attached hydrogen (secondary N) is 1. The number of hydrogen-bond donors (Lipinski definition) is 2. The minimum atomic E-state index is -2.18. The third-order valence-electron chi connectivity index (χ3n) is 5.74. The fraction of sp³-hybridized carbons (Fsp3) is 0.550. The van der Waals surface area contributed by atoms with Gasteiger partial charge in [-0.1, -0.05) is 52.1 Å². The van der Waals surface area contributed by atoms with Gasteiger partial charge in [0.2, 0.25) is 5.91 Å². The summed E-state index contributed by atoms with van der Waals surface area (Å²) in [5.41, 5.74) is 0. The summed E-state index contributed by atoms with van der Waals surface area (Å²) in [6.45, 7) is 10.3. The van der Waals surface area contributed by atoms with Crippen molar-refractivity contribution >= 4 is 26.0 Å². The van der Waals surface area contributed by atoms with Gasteiger partial charge in [-0.3, -0.25) is 14.4 Å². The SMILES string of the molecule is CC(C)(C)[Si](C)(C)N1C(=O)[C@H](NC(=O)COc2ccccc2)[C@@H]1CCC(=O)O. The Hall–Kier alpha value is -2.35. The number of carboxylic acids is 1. The van der Waals surface area contributed by atoms with Crippen molar-refractivity contribution in [3.63, 3.8) is 0 Å². The smallest absolute Gasteiger partial charge is 0.303 e. The largest absolute Gasteiger partial charge is 0.484 e. The van der Waals surface area contributed by atoms with Crippen molar-refractivity contribution in [2.24, 2.45) is 0 Å². The molecule has 1 aromatic rings. The first-order chi connectivity index (χ1) is 12.9. The van der Waals surface area contributed by atoms with Crippen LogP contribution in [0.1, 0.15) is 33.6 Å². The monoisotopic (exact) mass is 406 g/mol. The fourth-order valence-corrected chi connectivity index (χ4v) is 5.72. The molecule has 1 aromatic carbocycles. The molecule has 2 N–H and O–H groups in total. The van der Waals surface area contributed by atoms with E-state index in [0.29, 0.717) is 12.2 Å². The van der Waals surface area contributed by atoms with Crippen LogP contribution in [0.3, 0.4) is 0 Å². The van der Waals surface area contributed by atoms with Crippen molar-refractivity contribution < 1.29 is 24.2 Å². The third kappa shape index (κ3) is 4.73. The molecule has 2 rings (SSSR count). The topological polar surface area (TPSA) is 95.9 Å². The first-order valence-electron chi connectivity index (χ1n) is 9.47. The standard InChI is InChI=1S/C20H30N2O5Si/c1-20(2,3)28(4,5)22-15(11-12-17(24)25)18(19(22)26)21-16(23)13-27-14-9-7-6-8-10-14/h6-10,15,18H,11-13H2,1-5H3,(H,21,23)(H,24,25)/t15-,18+/m0/s1. The highest BCUT2D eigenvalue weighted by Gasteiger charge is 2.57. The van der Waals surface area contributed by atoms with E-state index in [0.717, 1.165) is 0 Å². The molecule has 7 nitrogen and oxygen atoms in total. The zero-order chi connectivity index (χ0) is 21.1. The second kappa shape index (κ2) is 8.34. The van der Waals surface area contributed by atoms with Gasteiger partial charge in [0, 0.05) is 6.42 Å². The summed E-state index contributed by atoms with van der Waals surface area (Å²) >= 11 is 0. The summed E-state index contributed by atoms with van der Waals surface area (Å²) in [7, 11) is -2.18. The highest BCUT2D eigenvalue weighted by molar-refractivity contribution is 6.80. The lowest BCUT2D eigenvalue weighted by Crippen LogP contribution is -2.78. The molecule has 2 atom stereocenters. The van der Waals surface area contributed by atoms with E-state index in [1.807, 2.05) is 22.8 Å². The van der Waals surface area contributed by atoms with Gasteiger partial charge >= 0.3 is 5.97 Å².